The average Bonchev–Trinajstić information content (AvgIpc) is 4.06. The molecule has 14 heteroatoms. The van der Waals surface area contributed by atoms with E-state index in [-0.39, 0.29) is 31.2 Å². The summed E-state index contributed by atoms with van der Waals surface area (Å²) < 4.78 is 34.6. The van der Waals surface area contributed by atoms with E-state index in [1.54, 1.807) is 11.0 Å². The number of ether oxygens (including phenoxy) is 1. The minimum Gasteiger partial charge on any atom is -0.488 e. The fourth-order valence-electron chi connectivity index (χ4n) is 7.77. The van der Waals surface area contributed by atoms with Crippen LogP contribution >= 0.6 is 11.3 Å². The molecule has 6 bridgehead atoms. The molecule has 2 aliphatic carbocycles. The number of hydrogen-bond donors (Lipinski definition) is 3. The largest absolute Gasteiger partial charge is 0.488 e. The first-order chi connectivity index (χ1) is 26.4. The van der Waals surface area contributed by atoms with Crippen molar-refractivity contribution in [3.63, 3.8) is 0 Å². The van der Waals surface area contributed by atoms with Crippen molar-refractivity contribution in [3.05, 3.63) is 83.9 Å². The standard InChI is InChI=1S/C41H46N6O6S2/c1-4-27-21-41(27,39(50)46-55(51,52)30-15-16-30)45-37(48)34-19-29-22-47(34)38(49)36(24(2)3)44-40-42-28(23-54-40)13-9-8-10-25-14-17-32-31(18-25)35(53-29)20-33(43-32)26-11-6-5-7-12-26/h4-7,11-12,14,17-18,20,23-24,27,29-30,34,36H,1,8-10,13,15-16,19,21-22H2,2-3H3,(H,42,44)(H,45,48)(H,46,50)/t27-,29+,34-,36-,41?/m0/s1. The van der Waals surface area contributed by atoms with Gasteiger partial charge in [-0.3, -0.25) is 19.1 Å². The fraction of sp³-hybridized carbons (Fsp3) is 0.439. The van der Waals surface area contributed by atoms with Crippen molar-refractivity contribution in [1.29, 1.82) is 0 Å². The van der Waals surface area contributed by atoms with E-state index in [4.69, 9.17) is 14.7 Å². The zero-order chi connectivity index (χ0) is 38.5. The van der Waals surface area contributed by atoms with Gasteiger partial charge in [0.05, 0.1) is 28.7 Å². The van der Waals surface area contributed by atoms with Gasteiger partial charge in [0.25, 0.3) is 5.91 Å². The predicted octanol–water partition coefficient (Wildman–Crippen LogP) is 5.39. The van der Waals surface area contributed by atoms with Crippen LogP contribution in [0, 0.1) is 11.8 Å². The molecule has 4 aromatic rings. The lowest BCUT2D eigenvalue weighted by Gasteiger charge is -2.31. The molecule has 4 aliphatic rings. The van der Waals surface area contributed by atoms with E-state index in [0.29, 0.717) is 23.7 Å². The molecule has 288 valence electrons. The van der Waals surface area contributed by atoms with Crippen molar-refractivity contribution in [3.8, 4) is 17.0 Å². The summed E-state index contributed by atoms with van der Waals surface area (Å²) in [5.74, 6) is -1.66. The molecule has 4 heterocycles. The van der Waals surface area contributed by atoms with Gasteiger partial charge in [-0.25, -0.2) is 18.4 Å². The lowest BCUT2D eigenvalue weighted by atomic mass is 10.0. The summed E-state index contributed by atoms with van der Waals surface area (Å²) in [6.07, 6.45) is 5.88. The maximum Gasteiger partial charge on any atom is 0.259 e. The normalized spacial score (nSPS) is 25.4. The van der Waals surface area contributed by atoms with Crippen LogP contribution in [0.4, 0.5) is 5.13 Å². The van der Waals surface area contributed by atoms with E-state index in [0.717, 1.165) is 59.1 Å². The highest BCUT2D eigenvalue weighted by molar-refractivity contribution is 7.91. The molecule has 2 aromatic heterocycles. The first-order valence-electron chi connectivity index (χ1n) is 19.1. The molecule has 0 spiro atoms. The summed E-state index contributed by atoms with van der Waals surface area (Å²) in [4.78, 5) is 54.1. The van der Waals surface area contributed by atoms with E-state index in [9.17, 15) is 22.8 Å². The second-order valence-electron chi connectivity index (χ2n) is 15.6. The molecular weight excluding hydrogens is 737 g/mol. The van der Waals surface area contributed by atoms with Crippen LogP contribution in [0.2, 0.25) is 0 Å². The number of carbonyl (C=O) groups excluding carboxylic acids is 3. The number of carbonyl (C=O) groups is 3. The van der Waals surface area contributed by atoms with Crippen LogP contribution in [0.15, 0.2) is 72.6 Å². The monoisotopic (exact) mass is 782 g/mol. The lowest BCUT2D eigenvalue weighted by molar-refractivity contribution is -0.140. The van der Waals surface area contributed by atoms with Crippen LogP contribution in [0.3, 0.4) is 0 Å². The van der Waals surface area contributed by atoms with Gasteiger partial charge < -0.3 is 20.3 Å². The van der Waals surface area contributed by atoms with Crippen molar-refractivity contribution in [2.45, 2.75) is 94.2 Å². The summed E-state index contributed by atoms with van der Waals surface area (Å²) in [6, 6.07) is 16.3. The summed E-state index contributed by atoms with van der Waals surface area (Å²) in [5, 5.41) is 9.15. The molecule has 2 saturated carbocycles. The molecule has 2 aromatic carbocycles. The number of fused-ring (bicyclic) bond motifs is 5. The van der Waals surface area contributed by atoms with Gasteiger partial charge >= 0.3 is 0 Å². The maximum atomic E-state index is 14.7. The number of hydrogen-bond acceptors (Lipinski definition) is 10. The lowest BCUT2D eigenvalue weighted by Crippen LogP contribution is -2.58. The van der Waals surface area contributed by atoms with Crippen molar-refractivity contribution in [2.24, 2.45) is 11.8 Å². The quantitative estimate of drug-likeness (QED) is 0.199. The molecule has 2 aliphatic heterocycles. The Balaban J connectivity index is 1.16. The van der Waals surface area contributed by atoms with Crippen molar-refractivity contribution in [1.82, 2.24) is 24.9 Å². The number of benzene rings is 2. The average molecular weight is 783 g/mol. The number of aromatic nitrogens is 2. The Hall–Kier alpha value is -4.82. The molecular formula is C41H46N6O6S2. The summed E-state index contributed by atoms with van der Waals surface area (Å²) >= 11 is 1.45. The number of thiazole rings is 1. The third kappa shape index (κ3) is 7.58. The zero-order valence-corrected chi connectivity index (χ0v) is 32.6. The molecule has 12 nitrogen and oxygen atoms in total. The molecule has 3 N–H and O–H groups in total. The predicted molar refractivity (Wildman–Crippen MR) is 212 cm³/mol. The number of aryl methyl sites for hydroxylation is 2. The second kappa shape index (κ2) is 14.7. The van der Waals surface area contributed by atoms with Gasteiger partial charge in [0.2, 0.25) is 21.8 Å². The van der Waals surface area contributed by atoms with Gasteiger partial charge in [-0.2, -0.15) is 0 Å². The number of rotatable bonds is 8. The minimum atomic E-state index is -3.87. The van der Waals surface area contributed by atoms with E-state index in [2.05, 4.69) is 34.1 Å². The maximum absolute atomic E-state index is 14.7. The molecule has 1 unspecified atom stereocenters. The van der Waals surface area contributed by atoms with Crippen LogP contribution in [-0.4, -0.2) is 76.5 Å². The topological polar surface area (TPSA) is 160 Å². The molecule has 3 fully saturated rings. The summed E-state index contributed by atoms with van der Waals surface area (Å²) in [6.45, 7) is 7.82. The second-order valence-corrected chi connectivity index (χ2v) is 18.4. The Labute approximate surface area is 325 Å². The van der Waals surface area contributed by atoms with Gasteiger partial charge in [-0.05, 0) is 68.6 Å². The molecule has 55 heavy (non-hydrogen) atoms. The van der Waals surface area contributed by atoms with Crippen LogP contribution in [0.25, 0.3) is 22.2 Å². The molecule has 5 atom stereocenters. The Kier molecular flexibility index (Phi) is 9.91. The van der Waals surface area contributed by atoms with E-state index < -0.39 is 56.7 Å². The minimum absolute atomic E-state index is 0.106. The Morgan fingerprint density at radius 1 is 1.09 bits per heavy atom. The van der Waals surface area contributed by atoms with E-state index in [1.807, 2.05) is 61.7 Å². The highest BCUT2D eigenvalue weighted by Gasteiger charge is 2.62. The molecule has 0 radical (unpaired) electrons. The van der Waals surface area contributed by atoms with Crippen molar-refractivity contribution >= 4 is 55.1 Å². The van der Waals surface area contributed by atoms with Crippen LogP contribution in [0.1, 0.15) is 63.6 Å². The Morgan fingerprint density at radius 2 is 1.87 bits per heavy atom. The van der Waals surface area contributed by atoms with Gasteiger partial charge in [0, 0.05) is 34.7 Å². The fourth-order valence-corrected chi connectivity index (χ4v) is 9.92. The summed E-state index contributed by atoms with van der Waals surface area (Å²) in [7, 11) is -3.87. The number of anilines is 1. The van der Waals surface area contributed by atoms with Gasteiger partial charge in [0.15, 0.2) is 5.13 Å². The Bertz CT molecular complexity index is 2260. The van der Waals surface area contributed by atoms with Crippen LogP contribution in [-0.2, 0) is 37.2 Å². The van der Waals surface area contributed by atoms with E-state index in [1.165, 1.54) is 11.3 Å². The van der Waals surface area contributed by atoms with E-state index >= 15 is 0 Å². The SMILES string of the molecule is C=C[C@H]1CC1(NC(=O)[C@@H]1C[C@@H]2CN1C(=O)[C@H](C(C)C)Nc1nc(cs1)CCCCc1ccc3nc(-c4ccccc4)cc(c3c1)O2)C(=O)NS(=O)(=O)C1CC1. The highest BCUT2D eigenvalue weighted by Crippen LogP contribution is 2.46. The van der Waals surface area contributed by atoms with Gasteiger partial charge in [0.1, 0.15) is 29.5 Å². The van der Waals surface area contributed by atoms with Crippen molar-refractivity contribution in [2.75, 3.05) is 11.9 Å². The Morgan fingerprint density at radius 3 is 2.60 bits per heavy atom. The molecule has 3 amide bonds. The number of amides is 3. The number of nitrogens with zero attached hydrogens (tertiary/aromatic N) is 3. The van der Waals surface area contributed by atoms with Gasteiger partial charge in [-0.1, -0.05) is 56.3 Å². The number of sulfonamides is 1. The summed E-state index contributed by atoms with van der Waals surface area (Å²) in [5.41, 5.74) is 3.06. The third-order valence-electron chi connectivity index (χ3n) is 11.2. The number of nitrogens with one attached hydrogen (secondary N) is 3. The smallest absolute Gasteiger partial charge is 0.259 e. The number of pyridine rings is 1. The molecule has 8 rings (SSSR count). The highest BCUT2D eigenvalue weighted by atomic mass is 32.2. The zero-order valence-electron chi connectivity index (χ0n) is 31.0. The van der Waals surface area contributed by atoms with Gasteiger partial charge in [-0.15, -0.1) is 17.9 Å². The molecule has 1 saturated heterocycles. The third-order valence-corrected chi connectivity index (χ3v) is 13.8. The van der Waals surface area contributed by atoms with Crippen LogP contribution in [0.5, 0.6) is 5.75 Å². The van der Waals surface area contributed by atoms with Crippen LogP contribution < -0.4 is 20.1 Å². The van der Waals surface area contributed by atoms with Crippen molar-refractivity contribution < 1.29 is 27.5 Å². The first-order valence-corrected chi connectivity index (χ1v) is 21.5. The first kappa shape index (κ1) is 37.1.